The molecule has 1 aliphatic carbocycles. The zero-order valence-electron chi connectivity index (χ0n) is 13.4. The van der Waals surface area contributed by atoms with Crippen LogP contribution in [0.1, 0.15) is 59.8 Å². The summed E-state index contributed by atoms with van der Waals surface area (Å²) < 4.78 is 0. The standard InChI is InChI=1S/C16H32N2O/c1-6-18(5)16(19)13(4)17-15-9-7-8-14(11-15)10-12(2)3/h12-15,17H,6-11H2,1-5H3. The predicted molar refractivity (Wildman–Crippen MR) is 81.1 cm³/mol. The van der Waals surface area contributed by atoms with E-state index in [1.54, 1.807) is 4.90 Å². The number of rotatable bonds is 6. The Kier molecular flexibility index (Phi) is 6.84. The molecular formula is C16H32N2O. The Bertz CT molecular complexity index is 278. The molecule has 1 N–H and O–H groups in total. The highest BCUT2D eigenvalue weighted by atomic mass is 16.2. The van der Waals surface area contributed by atoms with E-state index < -0.39 is 0 Å². The fraction of sp³-hybridized carbons (Fsp3) is 0.938. The van der Waals surface area contributed by atoms with E-state index in [-0.39, 0.29) is 11.9 Å². The number of hydrogen-bond donors (Lipinski definition) is 1. The molecule has 1 rings (SSSR count). The van der Waals surface area contributed by atoms with Crippen LogP contribution in [0.2, 0.25) is 0 Å². The van der Waals surface area contributed by atoms with E-state index in [2.05, 4.69) is 19.2 Å². The molecule has 0 saturated heterocycles. The van der Waals surface area contributed by atoms with Gasteiger partial charge in [0.15, 0.2) is 0 Å². The molecule has 0 aliphatic heterocycles. The first-order valence-corrected chi connectivity index (χ1v) is 7.95. The summed E-state index contributed by atoms with van der Waals surface area (Å²) in [5.74, 6) is 1.85. The van der Waals surface area contributed by atoms with E-state index in [1.807, 2.05) is 20.9 Å². The summed E-state index contributed by atoms with van der Waals surface area (Å²) in [4.78, 5) is 13.9. The summed E-state index contributed by atoms with van der Waals surface area (Å²) in [6.07, 6.45) is 6.47. The summed E-state index contributed by atoms with van der Waals surface area (Å²) in [6, 6.07) is 0.481. The molecule has 0 spiro atoms. The first kappa shape index (κ1) is 16.5. The molecule has 0 aromatic heterocycles. The molecule has 3 heteroatoms. The largest absolute Gasteiger partial charge is 0.345 e. The molecule has 112 valence electrons. The van der Waals surface area contributed by atoms with Crippen LogP contribution in [0.5, 0.6) is 0 Å². The van der Waals surface area contributed by atoms with Gasteiger partial charge in [-0.1, -0.05) is 26.7 Å². The Labute approximate surface area is 119 Å². The van der Waals surface area contributed by atoms with Crippen molar-refractivity contribution in [3.05, 3.63) is 0 Å². The van der Waals surface area contributed by atoms with Gasteiger partial charge in [0.1, 0.15) is 0 Å². The van der Waals surface area contributed by atoms with E-state index in [1.165, 1.54) is 32.1 Å². The zero-order chi connectivity index (χ0) is 14.4. The Hall–Kier alpha value is -0.570. The second-order valence-corrected chi connectivity index (χ2v) is 6.60. The van der Waals surface area contributed by atoms with Gasteiger partial charge in [0.25, 0.3) is 0 Å². The maximum atomic E-state index is 12.1. The molecule has 1 amide bonds. The summed E-state index contributed by atoms with van der Waals surface area (Å²) in [6.45, 7) is 9.41. The van der Waals surface area contributed by atoms with E-state index >= 15 is 0 Å². The molecule has 3 nitrogen and oxygen atoms in total. The van der Waals surface area contributed by atoms with Crippen LogP contribution >= 0.6 is 0 Å². The Morgan fingerprint density at radius 2 is 2.00 bits per heavy atom. The number of hydrogen-bond acceptors (Lipinski definition) is 2. The first-order valence-electron chi connectivity index (χ1n) is 7.95. The smallest absolute Gasteiger partial charge is 0.239 e. The van der Waals surface area contributed by atoms with Gasteiger partial charge in [-0.05, 0) is 44.9 Å². The predicted octanol–water partition coefficient (Wildman–Crippen LogP) is 3.05. The highest BCUT2D eigenvalue weighted by molar-refractivity contribution is 5.81. The average molecular weight is 268 g/mol. The van der Waals surface area contributed by atoms with Gasteiger partial charge in [-0.25, -0.2) is 0 Å². The van der Waals surface area contributed by atoms with Gasteiger partial charge in [-0.2, -0.15) is 0 Å². The lowest BCUT2D eigenvalue weighted by molar-refractivity contribution is -0.131. The van der Waals surface area contributed by atoms with Gasteiger partial charge < -0.3 is 10.2 Å². The van der Waals surface area contributed by atoms with Crippen molar-refractivity contribution in [3.8, 4) is 0 Å². The van der Waals surface area contributed by atoms with Crippen molar-refractivity contribution in [3.63, 3.8) is 0 Å². The van der Waals surface area contributed by atoms with Gasteiger partial charge in [0.05, 0.1) is 6.04 Å². The van der Waals surface area contributed by atoms with Crippen molar-refractivity contribution >= 4 is 5.91 Å². The monoisotopic (exact) mass is 268 g/mol. The van der Waals surface area contributed by atoms with Gasteiger partial charge in [0.2, 0.25) is 5.91 Å². The van der Waals surface area contributed by atoms with Crippen molar-refractivity contribution in [1.29, 1.82) is 0 Å². The lowest BCUT2D eigenvalue weighted by atomic mass is 9.81. The highest BCUT2D eigenvalue weighted by Crippen LogP contribution is 2.29. The number of carbonyl (C=O) groups is 1. The minimum absolute atomic E-state index is 0.0484. The van der Waals surface area contributed by atoms with Crippen LogP contribution in [0.4, 0.5) is 0 Å². The fourth-order valence-electron chi connectivity index (χ4n) is 3.23. The molecule has 0 radical (unpaired) electrons. The lowest BCUT2D eigenvalue weighted by Crippen LogP contribution is -2.48. The van der Waals surface area contributed by atoms with Gasteiger partial charge in [-0.3, -0.25) is 4.79 Å². The van der Waals surface area contributed by atoms with Crippen molar-refractivity contribution in [2.45, 2.75) is 71.9 Å². The maximum Gasteiger partial charge on any atom is 0.239 e. The van der Waals surface area contributed by atoms with E-state index in [4.69, 9.17) is 0 Å². The van der Waals surface area contributed by atoms with E-state index in [0.717, 1.165) is 18.4 Å². The van der Waals surface area contributed by atoms with Gasteiger partial charge >= 0.3 is 0 Å². The van der Waals surface area contributed by atoms with Crippen LogP contribution in [0.3, 0.4) is 0 Å². The molecule has 3 atom stereocenters. The minimum Gasteiger partial charge on any atom is -0.345 e. The Morgan fingerprint density at radius 1 is 1.32 bits per heavy atom. The fourth-order valence-corrected chi connectivity index (χ4v) is 3.23. The van der Waals surface area contributed by atoms with Crippen molar-refractivity contribution < 1.29 is 4.79 Å². The Morgan fingerprint density at radius 3 is 2.58 bits per heavy atom. The molecule has 1 fully saturated rings. The summed E-state index contributed by atoms with van der Waals surface area (Å²) >= 11 is 0. The van der Waals surface area contributed by atoms with Crippen LogP contribution in [0.25, 0.3) is 0 Å². The summed E-state index contributed by atoms with van der Waals surface area (Å²) in [7, 11) is 1.88. The lowest BCUT2D eigenvalue weighted by Gasteiger charge is -2.33. The van der Waals surface area contributed by atoms with Gasteiger partial charge in [-0.15, -0.1) is 0 Å². The summed E-state index contributed by atoms with van der Waals surface area (Å²) in [5, 5.41) is 3.55. The number of likely N-dealkylation sites (N-methyl/N-ethyl adjacent to an activating group) is 1. The van der Waals surface area contributed by atoms with Gasteiger partial charge in [0, 0.05) is 19.6 Å². The Balaban J connectivity index is 2.41. The van der Waals surface area contributed by atoms with Crippen molar-refractivity contribution in [2.24, 2.45) is 11.8 Å². The molecular weight excluding hydrogens is 236 g/mol. The molecule has 1 aliphatic rings. The zero-order valence-corrected chi connectivity index (χ0v) is 13.4. The van der Waals surface area contributed by atoms with Crippen LogP contribution in [0.15, 0.2) is 0 Å². The third kappa shape index (κ3) is 5.52. The molecule has 3 unspecified atom stereocenters. The molecule has 0 bridgehead atoms. The second kappa shape index (κ2) is 7.88. The molecule has 0 aromatic rings. The highest BCUT2D eigenvalue weighted by Gasteiger charge is 2.26. The first-order chi connectivity index (χ1) is 8.93. The van der Waals surface area contributed by atoms with Crippen LogP contribution in [0, 0.1) is 11.8 Å². The molecule has 0 heterocycles. The SMILES string of the molecule is CCN(C)C(=O)C(C)NC1CCCC(CC(C)C)C1. The number of nitrogens with zero attached hydrogens (tertiary/aromatic N) is 1. The summed E-state index contributed by atoms with van der Waals surface area (Å²) in [5.41, 5.74) is 0. The quantitative estimate of drug-likeness (QED) is 0.803. The third-order valence-corrected chi connectivity index (χ3v) is 4.29. The average Bonchev–Trinajstić information content (AvgIpc) is 2.36. The number of amides is 1. The van der Waals surface area contributed by atoms with E-state index in [0.29, 0.717) is 6.04 Å². The molecule has 0 aromatic carbocycles. The van der Waals surface area contributed by atoms with Crippen LogP contribution in [-0.4, -0.2) is 36.5 Å². The number of nitrogens with one attached hydrogen (secondary N) is 1. The third-order valence-electron chi connectivity index (χ3n) is 4.29. The minimum atomic E-state index is -0.0484. The molecule has 1 saturated carbocycles. The second-order valence-electron chi connectivity index (χ2n) is 6.60. The topological polar surface area (TPSA) is 32.3 Å². The number of carbonyl (C=O) groups excluding carboxylic acids is 1. The van der Waals surface area contributed by atoms with Crippen molar-refractivity contribution in [1.82, 2.24) is 10.2 Å². The maximum absolute atomic E-state index is 12.1. The molecule has 19 heavy (non-hydrogen) atoms. The van der Waals surface area contributed by atoms with Crippen LogP contribution in [-0.2, 0) is 4.79 Å². The van der Waals surface area contributed by atoms with Crippen molar-refractivity contribution in [2.75, 3.05) is 13.6 Å². The van der Waals surface area contributed by atoms with Crippen LogP contribution < -0.4 is 5.32 Å². The van der Waals surface area contributed by atoms with E-state index in [9.17, 15) is 4.79 Å². The normalized spacial score (nSPS) is 25.4.